The Bertz CT molecular complexity index is 1150. The number of fused-ring (bicyclic) bond motifs is 2. The summed E-state index contributed by atoms with van der Waals surface area (Å²) in [6.07, 6.45) is 7.72. The third-order valence-electron chi connectivity index (χ3n) is 3.81. The molecule has 122 valence electrons. The quantitative estimate of drug-likeness (QED) is 0.563. The van der Waals surface area contributed by atoms with Crippen LogP contribution in [0.3, 0.4) is 0 Å². The van der Waals surface area contributed by atoms with Crippen LogP contribution < -0.4 is 5.73 Å². The number of H-pyrrole nitrogens is 1. The van der Waals surface area contributed by atoms with Gasteiger partial charge in [0.2, 0.25) is 5.91 Å². The summed E-state index contributed by atoms with van der Waals surface area (Å²) in [5.74, 6) is -0.889. The Hall–Kier alpha value is -3.61. The SMILES string of the molecule is NC(=O)C=Cc1c[nH]c2ncc(-c3cnc4cccc(F)c4c3)nc12. The van der Waals surface area contributed by atoms with Crippen molar-refractivity contribution in [2.24, 2.45) is 5.73 Å². The van der Waals surface area contributed by atoms with Crippen LogP contribution in [0.15, 0.2) is 48.9 Å². The lowest BCUT2D eigenvalue weighted by molar-refractivity contribution is -0.113. The van der Waals surface area contributed by atoms with Crippen LogP contribution in [0.25, 0.3) is 39.4 Å². The Morgan fingerprint density at radius 1 is 1.24 bits per heavy atom. The van der Waals surface area contributed by atoms with Crippen LogP contribution in [-0.2, 0) is 4.79 Å². The zero-order valence-electron chi connectivity index (χ0n) is 12.9. The summed E-state index contributed by atoms with van der Waals surface area (Å²) in [6.45, 7) is 0. The number of halogens is 1. The Kier molecular flexibility index (Phi) is 3.46. The predicted molar refractivity (Wildman–Crippen MR) is 92.8 cm³/mol. The lowest BCUT2D eigenvalue weighted by Crippen LogP contribution is -2.05. The molecule has 6 nitrogen and oxygen atoms in total. The number of aromatic amines is 1. The van der Waals surface area contributed by atoms with Crippen molar-refractivity contribution in [2.45, 2.75) is 0 Å². The normalized spacial score (nSPS) is 11.6. The third kappa shape index (κ3) is 2.72. The van der Waals surface area contributed by atoms with Crippen molar-refractivity contribution in [1.82, 2.24) is 19.9 Å². The minimum Gasteiger partial charge on any atom is -0.366 e. The van der Waals surface area contributed by atoms with Crippen molar-refractivity contribution in [2.75, 3.05) is 0 Å². The van der Waals surface area contributed by atoms with E-state index in [1.54, 1.807) is 42.9 Å². The van der Waals surface area contributed by atoms with E-state index in [0.717, 1.165) is 0 Å². The summed E-state index contributed by atoms with van der Waals surface area (Å²) in [5, 5.41) is 0.421. The first-order valence-corrected chi connectivity index (χ1v) is 7.48. The molecule has 0 saturated carbocycles. The van der Waals surface area contributed by atoms with E-state index in [1.807, 2.05) is 0 Å². The fourth-order valence-corrected chi connectivity index (χ4v) is 2.60. The van der Waals surface area contributed by atoms with Crippen LogP contribution >= 0.6 is 0 Å². The molecule has 3 heterocycles. The smallest absolute Gasteiger partial charge is 0.241 e. The number of nitrogens with one attached hydrogen (secondary N) is 1. The number of rotatable bonds is 3. The average molecular weight is 333 g/mol. The number of hydrogen-bond donors (Lipinski definition) is 2. The Morgan fingerprint density at radius 2 is 2.12 bits per heavy atom. The largest absolute Gasteiger partial charge is 0.366 e. The minimum atomic E-state index is -0.548. The van der Waals surface area contributed by atoms with Gasteiger partial charge in [0.05, 0.1) is 17.4 Å². The van der Waals surface area contributed by atoms with E-state index in [4.69, 9.17) is 5.73 Å². The molecule has 0 spiro atoms. The standard InChI is InChI=1S/C18H12FN5O/c19-13-2-1-3-14-12(13)6-11(8-21-14)15-9-23-18-17(24-15)10(7-22-18)4-5-16(20)25/h1-9H,(H2,20,25)(H,22,23). The molecular formula is C18H12FN5O. The van der Waals surface area contributed by atoms with Gasteiger partial charge in [0.1, 0.15) is 11.3 Å². The first-order valence-electron chi connectivity index (χ1n) is 7.48. The highest BCUT2D eigenvalue weighted by molar-refractivity contribution is 5.94. The highest BCUT2D eigenvalue weighted by Gasteiger charge is 2.10. The van der Waals surface area contributed by atoms with Gasteiger partial charge in [0.15, 0.2) is 5.65 Å². The topological polar surface area (TPSA) is 97.6 Å². The van der Waals surface area contributed by atoms with E-state index in [-0.39, 0.29) is 5.82 Å². The molecule has 0 saturated heterocycles. The van der Waals surface area contributed by atoms with Gasteiger partial charge in [-0.1, -0.05) is 6.07 Å². The fraction of sp³-hybridized carbons (Fsp3) is 0. The zero-order chi connectivity index (χ0) is 17.4. The third-order valence-corrected chi connectivity index (χ3v) is 3.81. The minimum absolute atomic E-state index is 0.340. The molecule has 0 unspecified atom stereocenters. The van der Waals surface area contributed by atoms with Gasteiger partial charge in [-0.2, -0.15) is 0 Å². The molecule has 1 aromatic carbocycles. The molecule has 4 rings (SSSR count). The monoisotopic (exact) mass is 333 g/mol. The molecule has 0 radical (unpaired) electrons. The lowest BCUT2D eigenvalue weighted by atomic mass is 10.1. The molecule has 7 heteroatoms. The van der Waals surface area contributed by atoms with Gasteiger partial charge in [-0.15, -0.1) is 0 Å². The first-order chi connectivity index (χ1) is 12.1. The maximum Gasteiger partial charge on any atom is 0.241 e. The molecule has 0 aliphatic heterocycles. The predicted octanol–water partition coefficient (Wildman–Crippen LogP) is 2.81. The van der Waals surface area contributed by atoms with Crippen molar-refractivity contribution < 1.29 is 9.18 Å². The molecule has 1 amide bonds. The number of nitrogens with two attached hydrogens (primary N) is 1. The Balaban J connectivity index is 1.85. The van der Waals surface area contributed by atoms with Gasteiger partial charge in [-0.05, 0) is 24.3 Å². The second kappa shape index (κ2) is 5.79. The zero-order valence-corrected chi connectivity index (χ0v) is 12.9. The molecule has 0 fully saturated rings. The fourth-order valence-electron chi connectivity index (χ4n) is 2.60. The number of primary amides is 1. The van der Waals surface area contributed by atoms with E-state index in [0.29, 0.717) is 38.9 Å². The van der Waals surface area contributed by atoms with Crippen molar-refractivity contribution in [3.8, 4) is 11.3 Å². The molecule has 3 N–H and O–H groups in total. The summed E-state index contributed by atoms with van der Waals surface area (Å²) >= 11 is 0. The molecule has 4 aromatic rings. The Morgan fingerprint density at radius 3 is 2.96 bits per heavy atom. The van der Waals surface area contributed by atoms with Crippen molar-refractivity contribution >= 4 is 34.1 Å². The second-order valence-electron chi connectivity index (χ2n) is 5.46. The molecule has 0 bridgehead atoms. The van der Waals surface area contributed by atoms with Gasteiger partial charge in [-0.25, -0.2) is 14.4 Å². The van der Waals surface area contributed by atoms with Gasteiger partial charge in [0, 0.05) is 35.0 Å². The van der Waals surface area contributed by atoms with E-state index in [9.17, 15) is 9.18 Å². The highest BCUT2D eigenvalue weighted by Crippen LogP contribution is 2.25. The number of carbonyl (C=O) groups is 1. The maximum absolute atomic E-state index is 14.0. The van der Waals surface area contributed by atoms with Crippen LogP contribution in [0.1, 0.15) is 5.56 Å². The summed E-state index contributed by atoms with van der Waals surface area (Å²) in [7, 11) is 0. The molecule has 0 aliphatic carbocycles. The average Bonchev–Trinajstić information content (AvgIpc) is 3.02. The molecule has 0 aliphatic rings. The molecule has 25 heavy (non-hydrogen) atoms. The molecular weight excluding hydrogens is 321 g/mol. The summed E-state index contributed by atoms with van der Waals surface area (Å²) < 4.78 is 14.0. The van der Waals surface area contributed by atoms with Crippen LogP contribution in [0.5, 0.6) is 0 Å². The van der Waals surface area contributed by atoms with Gasteiger partial charge in [0.25, 0.3) is 0 Å². The van der Waals surface area contributed by atoms with Crippen LogP contribution in [0, 0.1) is 5.82 Å². The van der Waals surface area contributed by atoms with Crippen molar-refractivity contribution in [3.63, 3.8) is 0 Å². The number of carbonyl (C=O) groups excluding carboxylic acids is 1. The highest BCUT2D eigenvalue weighted by atomic mass is 19.1. The van der Waals surface area contributed by atoms with Crippen LogP contribution in [0.4, 0.5) is 4.39 Å². The van der Waals surface area contributed by atoms with E-state index < -0.39 is 5.91 Å². The van der Waals surface area contributed by atoms with E-state index in [1.165, 1.54) is 12.1 Å². The molecule has 0 atom stereocenters. The number of pyridine rings is 1. The first kappa shape index (κ1) is 14.9. The van der Waals surface area contributed by atoms with Crippen LogP contribution in [0.2, 0.25) is 0 Å². The summed E-state index contributed by atoms with van der Waals surface area (Å²) in [6, 6.07) is 6.45. The van der Waals surface area contributed by atoms with Crippen molar-refractivity contribution in [3.05, 3.63) is 60.3 Å². The van der Waals surface area contributed by atoms with Gasteiger partial charge in [-0.3, -0.25) is 9.78 Å². The maximum atomic E-state index is 14.0. The number of aromatic nitrogens is 4. The summed E-state index contributed by atoms with van der Waals surface area (Å²) in [4.78, 5) is 27.1. The second-order valence-corrected chi connectivity index (χ2v) is 5.46. The number of amides is 1. The van der Waals surface area contributed by atoms with Crippen LogP contribution in [-0.4, -0.2) is 25.8 Å². The van der Waals surface area contributed by atoms with Crippen molar-refractivity contribution in [1.29, 1.82) is 0 Å². The lowest BCUT2D eigenvalue weighted by Gasteiger charge is -2.04. The van der Waals surface area contributed by atoms with Gasteiger partial charge >= 0.3 is 0 Å². The van der Waals surface area contributed by atoms with E-state index >= 15 is 0 Å². The summed E-state index contributed by atoms with van der Waals surface area (Å²) in [5.41, 5.74) is 8.75. The molecule has 3 aromatic heterocycles. The number of nitrogens with zero attached hydrogens (tertiary/aromatic N) is 3. The Labute approximate surface area is 141 Å². The number of benzene rings is 1. The van der Waals surface area contributed by atoms with Gasteiger partial charge < -0.3 is 10.7 Å². The number of hydrogen-bond acceptors (Lipinski definition) is 4. The van der Waals surface area contributed by atoms with E-state index in [2.05, 4.69) is 19.9 Å².